The standard InChI is InChI=1S/C22H26N6O2S2/c1-16(21(30)24-14-18-8-6-12-31-18)32-22-26-25-19(28(22)17-7-5-10-23-13-17)15-27-11-4-2-3-9-20(27)29/h5-8,10,12-13,16H,2-4,9,11,14-15H2,1H3,(H,24,30). The lowest BCUT2D eigenvalue weighted by molar-refractivity contribution is -0.131. The largest absolute Gasteiger partial charge is 0.350 e. The predicted molar refractivity (Wildman–Crippen MR) is 125 cm³/mol. The van der Waals surface area contributed by atoms with Crippen molar-refractivity contribution in [1.29, 1.82) is 0 Å². The Labute approximate surface area is 195 Å². The fourth-order valence-electron chi connectivity index (χ4n) is 3.54. The molecule has 1 unspecified atom stereocenters. The lowest BCUT2D eigenvalue weighted by atomic mass is 10.2. The van der Waals surface area contributed by atoms with Crippen molar-refractivity contribution < 1.29 is 9.59 Å². The van der Waals surface area contributed by atoms with Gasteiger partial charge < -0.3 is 10.2 Å². The molecule has 0 aromatic carbocycles. The number of thioether (sulfide) groups is 1. The van der Waals surface area contributed by atoms with Crippen LogP contribution in [0.5, 0.6) is 0 Å². The number of hydrogen-bond acceptors (Lipinski definition) is 7. The van der Waals surface area contributed by atoms with Crippen LogP contribution in [-0.4, -0.2) is 48.3 Å². The molecule has 0 aliphatic carbocycles. The molecule has 0 bridgehead atoms. The van der Waals surface area contributed by atoms with Gasteiger partial charge in [-0.3, -0.25) is 19.1 Å². The Morgan fingerprint density at radius 3 is 2.94 bits per heavy atom. The fraction of sp³-hybridized carbons (Fsp3) is 0.409. The van der Waals surface area contributed by atoms with Crippen molar-refractivity contribution in [3.63, 3.8) is 0 Å². The normalized spacial score (nSPS) is 15.4. The number of nitrogens with one attached hydrogen (secondary N) is 1. The highest BCUT2D eigenvalue weighted by Crippen LogP contribution is 2.27. The Bertz CT molecular complexity index is 1040. The third-order valence-corrected chi connectivity index (χ3v) is 7.20. The molecule has 1 N–H and O–H groups in total. The molecule has 0 radical (unpaired) electrons. The van der Waals surface area contributed by atoms with Crippen molar-refractivity contribution in [3.05, 3.63) is 52.7 Å². The van der Waals surface area contributed by atoms with Crippen LogP contribution in [0.25, 0.3) is 5.69 Å². The number of carbonyl (C=O) groups excluding carboxylic acids is 2. The molecule has 0 spiro atoms. The van der Waals surface area contributed by atoms with Gasteiger partial charge in [-0.2, -0.15) is 0 Å². The molecular formula is C22H26N6O2S2. The lowest BCUT2D eigenvalue weighted by Gasteiger charge is -2.20. The summed E-state index contributed by atoms with van der Waals surface area (Å²) in [4.78, 5) is 32.3. The Hall–Kier alpha value is -2.72. The van der Waals surface area contributed by atoms with E-state index in [1.807, 2.05) is 46.0 Å². The first-order valence-electron chi connectivity index (χ1n) is 10.7. The fourth-order valence-corrected chi connectivity index (χ4v) is 5.10. The maximum atomic E-state index is 12.6. The zero-order chi connectivity index (χ0) is 22.3. The van der Waals surface area contributed by atoms with E-state index >= 15 is 0 Å². The number of rotatable bonds is 8. The van der Waals surface area contributed by atoms with Gasteiger partial charge >= 0.3 is 0 Å². The first-order valence-corrected chi connectivity index (χ1v) is 12.5. The van der Waals surface area contributed by atoms with Crippen LogP contribution >= 0.6 is 23.1 Å². The van der Waals surface area contributed by atoms with E-state index in [-0.39, 0.29) is 17.1 Å². The molecule has 1 aliphatic rings. The average molecular weight is 471 g/mol. The highest BCUT2D eigenvalue weighted by Gasteiger charge is 2.24. The van der Waals surface area contributed by atoms with Gasteiger partial charge in [0, 0.05) is 24.0 Å². The van der Waals surface area contributed by atoms with E-state index in [0.717, 1.165) is 36.4 Å². The highest BCUT2D eigenvalue weighted by atomic mass is 32.2. The molecule has 4 heterocycles. The Kier molecular flexibility index (Phi) is 7.54. The molecule has 32 heavy (non-hydrogen) atoms. The van der Waals surface area contributed by atoms with E-state index in [1.165, 1.54) is 11.8 Å². The summed E-state index contributed by atoms with van der Waals surface area (Å²) in [6.45, 7) is 3.48. The number of hydrogen-bond donors (Lipinski definition) is 1. The predicted octanol–water partition coefficient (Wildman–Crippen LogP) is 3.42. The molecule has 1 atom stereocenters. The second-order valence-corrected chi connectivity index (χ2v) is 9.97. The molecular weight excluding hydrogens is 444 g/mol. The molecule has 0 saturated carbocycles. The number of amides is 2. The van der Waals surface area contributed by atoms with Gasteiger partial charge in [0.15, 0.2) is 11.0 Å². The van der Waals surface area contributed by atoms with Gasteiger partial charge in [0.05, 0.1) is 30.2 Å². The summed E-state index contributed by atoms with van der Waals surface area (Å²) < 4.78 is 1.90. The van der Waals surface area contributed by atoms with Crippen LogP contribution in [0.1, 0.15) is 43.3 Å². The van der Waals surface area contributed by atoms with Crippen molar-refractivity contribution in [1.82, 2.24) is 30.0 Å². The van der Waals surface area contributed by atoms with Crippen molar-refractivity contribution in [2.75, 3.05) is 6.54 Å². The third-order valence-electron chi connectivity index (χ3n) is 5.28. The van der Waals surface area contributed by atoms with E-state index < -0.39 is 0 Å². The molecule has 1 fully saturated rings. The van der Waals surface area contributed by atoms with Crippen molar-refractivity contribution >= 4 is 34.9 Å². The second-order valence-electron chi connectivity index (χ2n) is 7.63. The number of likely N-dealkylation sites (tertiary alicyclic amines) is 1. The number of thiophene rings is 1. The van der Waals surface area contributed by atoms with Gasteiger partial charge in [-0.25, -0.2) is 0 Å². The van der Waals surface area contributed by atoms with Gasteiger partial charge in [-0.05, 0) is 43.3 Å². The van der Waals surface area contributed by atoms with E-state index in [0.29, 0.717) is 30.5 Å². The van der Waals surface area contributed by atoms with Crippen LogP contribution in [0.2, 0.25) is 0 Å². The first kappa shape index (κ1) is 22.5. The number of aromatic nitrogens is 4. The Balaban J connectivity index is 1.52. The summed E-state index contributed by atoms with van der Waals surface area (Å²) in [6.07, 6.45) is 7.02. The zero-order valence-corrected chi connectivity index (χ0v) is 19.6. The van der Waals surface area contributed by atoms with Gasteiger partial charge in [-0.1, -0.05) is 24.2 Å². The van der Waals surface area contributed by atoms with E-state index in [2.05, 4.69) is 20.5 Å². The van der Waals surface area contributed by atoms with E-state index in [1.54, 1.807) is 23.7 Å². The van der Waals surface area contributed by atoms with Crippen LogP contribution < -0.4 is 5.32 Å². The van der Waals surface area contributed by atoms with Crippen LogP contribution in [0.4, 0.5) is 0 Å². The third kappa shape index (κ3) is 5.55. The maximum absolute atomic E-state index is 12.6. The molecule has 168 valence electrons. The molecule has 10 heteroatoms. The Morgan fingerprint density at radius 2 is 2.16 bits per heavy atom. The smallest absolute Gasteiger partial charge is 0.233 e. The maximum Gasteiger partial charge on any atom is 0.233 e. The topological polar surface area (TPSA) is 93.0 Å². The second kappa shape index (κ2) is 10.7. The van der Waals surface area contributed by atoms with Crippen LogP contribution in [0.3, 0.4) is 0 Å². The van der Waals surface area contributed by atoms with Crippen molar-refractivity contribution in [3.8, 4) is 5.69 Å². The number of nitrogens with zero attached hydrogens (tertiary/aromatic N) is 5. The quantitative estimate of drug-likeness (QED) is 0.507. The van der Waals surface area contributed by atoms with E-state index in [4.69, 9.17) is 0 Å². The molecule has 2 amide bonds. The monoisotopic (exact) mass is 470 g/mol. The minimum Gasteiger partial charge on any atom is -0.350 e. The number of carbonyl (C=O) groups is 2. The first-order chi connectivity index (χ1) is 15.6. The SMILES string of the molecule is CC(Sc1nnc(CN2CCCCCC2=O)n1-c1cccnc1)C(=O)NCc1cccs1. The van der Waals surface area contributed by atoms with Gasteiger partial charge in [0.1, 0.15) is 0 Å². The van der Waals surface area contributed by atoms with Gasteiger partial charge in [0.2, 0.25) is 11.8 Å². The van der Waals surface area contributed by atoms with Gasteiger partial charge in [-0.15, -0.1) is 21.5 Å². The van der Waals surface area contributed by atoms with Crippen LogP contribution in [0, 0.1) is 0 Å². The molecule has 1 saturated heterocycles. The average Bonchev–Trinajstić information content (AvgIpc) is 3.42. The minimum atomic E-state index is -0.359. The van der Waals surface area contributed by atoms with Gasteiger partial charge in [0.25, 0.3) is 0 Å². The Morgan fingerprint density at radius 1 is 1.25 bits per heavy atom. The van der Waals surface area contributed by atoms with Crippen LogP contribution in [0.15, 0.2) is 47.2 Å². The molecule has 1 aliphatic heterocycles. The van der Waals surface area contributed by atoms with Crippen LogP contribution in [-0.2, 0) is 22.7 Å². The molecule has 3 aromatic rings. The highest BCUT2D eigenvalue weighted by molar-refractivity contribution is 8.00. The summed E-state index contributed by atoms with van der Waals surface area (Å²) in [5, 5.41) is 14.0. The lowest BCUT2D eigenvalue weighted by Crippen LogP contribution is -2.31. The molecule has 4 rings (SSSR count). The van der Waals surface area contributed by atoms with Crippen molar-refractivity contribution in [2.24, 2.45) is 0 Å². The summed E-state index contributed by atoms with van der Waals surface area (Å²) in [5.74, 6) is 0.758. The minimum absolute atomic E-state index is 0.0617. The summed E-state index contributed by atoms with van der Waals surface area (Å²) in [5.41, 5.74) is 0.809. The van der Waals surface area contributed by atoms with E-state index in [9.17, 15) is 9.59 Å². The summed E-state index contributed by atoms with van der Waals surface area (Å²) in [6, 6.07) is 7.74. The summed E-state index contributed by atoms with van der Waals surface area (Å²) in [7, 11) is 0. The molecule has 8 nitrogen and oxygen atoms in total. The number of pyridine rings is 1. The zero-order valence-electron chi connectivity index (χ0n) is 17.9. The summed E-state index contributed by atoms with van der Waals surface area (Å²) >= 11 is 2.96. The van der Waals surface area contributed by atoms with Crippen molar-refractivity contribution in [2.45, 2.75) is 56.1 Å². The molecule has 3 aromatic heterocycles.